The normalized spacial score (nSPS) is 10.5. The van der Waals surface area contributed by atoms with Gasteiger partial charge in [-0.3, -0.25) is 0 Å². The largest absolute Gasteiger partial charge is 0.237 e. The molecule has 0 saturated heterocycles. The molecule has 0 fully saturated rings. The van der Waals surface area contributed by atoms with Gasteiger partial charge < -0.3 is 0 Å². The summed E-state index contributed by atoms with van der Waals surface area (Å²) in [6.07, 6.45) is 5.27. The zero-order valence-electron chi connectivity index (χ0n) is 12.9. The molecule has 0 bridgehead atoms. The Bertz CT molecular complexity index is 872. The number of aromatic nitrogens is 4. The summed E-state index contributed by atoms with van der Waals surface area (Å²) >= 11 is 0. The number of benzene rings is 2. The molecular formula is C20H14N4. The van der Waals surface area contributed by atoms with Gasteiger partial charge in [0.25, 0.3) is 0 Å². The average molecular weight is 310 g/mol. The topological polar surface area (TPSA) is 51.6 Å². The molecule has 0 atom stereocenters. The smallest absolute Gasteiger partial charge is 0.159 e. The van der Waals surface area contributed by atoms with Crippen molar-refractivity contribution in [3.8, 4) is 34.0 Å². The van der Waals surface area contributed by atoms with E-state index in [-0.39, 0.29) is 0 Å². The van der Waals surface area contributed by atoms with Crippen LogP contribution in [0.2, 0.25) is 0 Å². The second-order valence-electron chi connectivity index (χ2n) is 5.28. The molecule has 4 nitrogen and oxygen atoms in total. The molecule has 0 amide bonds. The molecule has 114 valence electrons. The monoisotopic (exact) mass is 310 g/mol. The average Bonchev–Trinajstić information content (AvgIpc) is 2.70. The highest BCUT2D eigenvalue weighted by atomic mass is 14.9. The minimum atomic E-state index is 0.705. The second kappa shape index (κ2) is 6.38. The van der Waals surface area contributed by atoms with E-state index in [0.29, 0.717) is 5.82 Å². The lowest BCUT2D eigenvalue weighted by Gasteiger charge is -2.06. The van der Waals surface area contributed by atoms with Gasteiger partial charge in [0.2, 0.25) is 0 Å². The van der Waals surface area contributed by atoms with Crippen LogP contribution < -0.4 is 0 Å². The van der Waals surface area contributed by atoms with E-state index in [2.05, 4.69) is 15.0 Å². The van der Waals surface area contributed by atoms with Crippen molar-refractivity contribution in [2.75, 3.05) is 0 Å². The van der Waals surface area contributed by atoms with Crippen molar-refractivity contribution in [2.45, 2.75) is 0 Å². The van der Waals surface area contributed by atoms with E-state index < -0.39 is 0 Å². The molecule has 24 heavy (non-hydrogen) atoms. The summed E-state index contributed by atoms with van der Waals surface area (Å²) in [5.41, 5.74) is 3.86. The highest BCUT2D eigenvalue weighted by molar-refractivity contribution is 5.69. The molecule has 4 heteroatoms. The van der Waals surface area contributed by atoms with E-state index >= 15 is 0 Å². The molecule has 0 aliphatic rings. The van der Waals surface area contributed by atoms with Crippen LogP contribution in [0.5, 0.6) is 0 Å². The maximum Gasteiger partial charge on any atom is 0.159 e. The number of hydrogen-bond acceptors (Lipinski definition) is 4. The summed E-state index contributed by atoms with van der Waals surface area (Å²) in [6, 6.07) is 21.8. The first kappa shape index (κ1) is 14.2. The van der Waals surface area contributed by atoms with Crippen LogP contribution in [0.3, 0.4) is 0 Å². The third kappa shape index (κ3) is 2.90. The van der Waals surface area contributed by atoms with Crippen LogP contribution in [0.15, 0.2) is 85.3 Å². The molecule has 0 aliphatic carbocycles. The quantitative estimate of drug-likeness (QED) is 0.567. The zero-order valence-corrected chi connectivity index (χ0v) is 12.9. The fraction of sp³-hybridized carbons (Fsp3) is 0. The summed E-state index contributed by atoms with van der Waals surface area (Å²) in [7, 11) is 0. The van der Waals surface area contributed by atoms with Crippen molar-refractivity contribution in [2.24, 2.45) is 0 Å². The SMILES string of the molecule is c1ccc(-c2nccc(-c3cccc(-c4ncccn4)c3)n2)cc1. The number of hydrogen-bond donors (Lipinski definition) is 0. The predicted octanol–water partition coefficient (Wildman–Crippen LogP) is 4.27. The molecule has 2 heterocycles. The van der Waals surface area contributed by atoms with E-state index in [1.807, 2.05) is 66.7 Å². The van der Waals surface area contributed by atoms with Crippen LogP contribution in [0.25, 0.3) is 34.0 Å². The molecule has 0 unspecified atom stereocenters. The lowest BCUT2D eigenvalue weighted by molar-refractivity contribution is 1.17. The summed E-state index contributed by atoms with van der Waals surface area (Å²) < 4.78 is 0. The first-order chi connectivity index (χ1) is 11.9. The van der Waals surface area contributed by atoms with Crippen LogP contribution in [-0.2, 0) is 0 Å². The lowest BCUT2D eigenvalue weighted by atomic mass is 10.1. The first-order valence-electron chi connectivity index (χ1n) is 7.66. The van der Waals surface area contributed by atoms with Gasteiger partial charge in [-0.05, 0) is 18.2 Å². The molecular weight excluding hydrogens is 296 g/mol. The molecule has 4 aromatic rings. The standard InChI is InChI=1S/C20H14N4/c1-2-6-15(7-3-1)20-23-13-10-18(24-20)16-8-4-9-17(14-16)19-21-11-5-12-22-19/h1-14H. The fourth-order valence-corrected chi connectivity index (χ4v) is 2.51. The highest BCUT2D eigenvalue weighted by Gasteiger charge is 2.07. The Kier molecular flexibility index (Phi) is 3.78. The molecule has 0 saturated carbocycles. The van der Waals surface area contributed by atoms with Crippen molar-refractivity contribution in [1.82, 2.24) is 19.9 Å². The van der Waals surface area contributed by atoms with Crippen LogP contribution in [-0.4, -0.2) is 19.9 Å². The van der Waals surface area contributed by atoms with Crippen LogP contribution >= 0.6 is 0 Å². The van der Waals surface area contributed by atoms with Gasteiger partial charge in [0.1, 0.15) is 0 Å². The first-order valence-corrected chi connectivity index (χ1v) is 7.66. The number of rotatable bonds is 3. The zero-order chi connectivity index (χ0) is 16.2. The van der Waals surface area contributed by atoms with Gasteiger partial charge >= 0.3 is 0 Å². The van der Waals surface area contributed by atoms with Gasteiger partial charge in [-0.2, -0.15) is 0 Å². The summed E-state index contributed by atoms with van der Waals surface area (Å²) in [4.78, 5) is 17.7. The number of nitrogens with zero attached hydrogens (tertiary/aromatic N) is 4. The molecule has 2 aromatic carbocycles. The lowest BCUT2D eigenvalue weighted by Crippen LogP contribution is -1.92. The summed E-state index contributed by atoms with van der Waals surface area (Å²) in [5, 5.41) is 0. The third-order valence-corrected chi connectivity index (χ3v) is 3.67. The van der Waals surface area contributed by atoms with Crippen LogP contribution in [0.4, 0.5) is 0 Å². The fourth-order valence-electron chi connectivity index (χ4n) is 2.51. The van der Waals surface area contributed by atoms with Crippen molar-refractivity contribution in [1.29, 1.82) is 0 Å². The molecule has 0 spiro atoms. The third-order valence-electron chi connectivity index (χ3n) is 3.67. The van der Waals surface area contributed by atoms with E-state index in [4.69, 9.17) is 4.98 Å². The molecule has 0 aliphatic heterocycles. The van der Waals surface area contributed by atoms with Crippen molar-refractivity contribution in [3.63, 3.8) is 0 Å². The van der Waals surface area contributed by atoms with Gasteiger partial charge in [-0.25, -0.2) is 19.9 Å². The Balaban J connectivity index is 1.75. The summed E-state index contributed by atoms with van der Waals surface area (Å²) in [5.74, 6) is 1.42. The Labute approximate surface area is 139 Å². The molecule has 0 N–H and O–H groups in total. The van der Waals surface area contributed by atoms with Crippen LogP contribution in [0, 0.1) is 0 Å². The minimum Gasteiger partial charge on any atom is -0.237 e. The van der Waals surface area contributed by atoms with E-state index in [9.17, 15) is 0 Å². The van der Waals surface area contributed by atoms with Gasteiger partial charge in [-0.15, -0.1) is 0 Å². The minimum absolute atomic E-state index is 0.705. The van der Waals surface area contributed by atoms with Crippen LogP contribution in [0.1, 0.15) is 0 Å². The van der Waals surface area contributed by atoms with Crippen molar-refractivity contribution in [3.05, 3.63) is 85.3 Å². The maximum absolute atomic E-state index is 4.70. The van der Waals surface area contributed by atoms with Crippen molar-refractivity contribution < 1.29 is 0 Å². The van der Waals surface area contributed by atoms with E-state index in [0.717, 1.165) is 28.2 Å². The Hall–Kier alpha value is -3.40. The summed E-state index contributed by atoms with van der Waals surface area (Å²) in [6.45, 7) is 0. The Morgan fingerprint density at radius 1 is 0.500 bits per heavy atom. The van der Waals surface area contributed by atoms with Crippen molar-refractivity contribution >= 4 is 0 Å². The van der Waals surface area contributed by atoms with E-state index in [1.54, 1.807) is 18.6 Å². The Morgan fingerprint density at radius 3 is 2.04 bits per heavy atom. The second-order valence-corrected chi connectivity index (χ2v) is 5.28. The van der Waals surface area contributed by atoms with Gasteiger partial charge in [0.15, 0.2) is 11.6 Å². The highest BCUT2D eigenvalue weighted by Crippen LogP contribution is 2.24. The Morgan fingerprint density at radius 2 is 1.21 bits per heavy atom. The maximum atomic E-state index is 4.70. The molecule has 2 aromatic heterocycles. The van der Waals surface area contributed by atoms with Gasteiger partial charge in [-0.1, -0.05) is 48.5 Å². The van der Waals surface area contributed by atoms with Gasteiger partial charge in [0.05, 0.1) is 5.69 Å². The predicted molar refractivity (Wildman–Crippen MR) is 93.9 cm³/mol. The molecule has 4 rings (SSSR count). The molecule has 0 radical (unpaired) electrons. The van der Waals surface area contributed by atoms with E-state index in [1.165, 1.54) is 0 Å². The van der Waals surface area contributed by atoms with Gasteiger partial charge in [0, 0.05) is 35.3 Å².